The Morgan fingerprint density at radius 2 is 2.06 bits per heavy atom. The molecule has 1 N–H and O–H groups in total. The van der Waals surface area contributed by atoms with E-state index in [0.29, 0.717) is 21.2 Å². The lowest BCUT2D eigenvalue weighted by Crippen LogP contribution is -2.23. The van der Waals surface area contributed by atoms with Crippen LogP contribution in [0.4, 0.5) is 0 Å². The Labute approximate surface area is 124 Å². The minimum atomic E-state index is -3.43. The third-order valence-electron chi connectivity index (χ3n) is 1.99. The van der Waals surface area contributed by atoms with Gasteiger partial charge in [-0.3, -0.25) is 0 Å². The number of rotatable bonds is 7. The second kappa shape index (κ2) is 7.31. The molecule has 1 aromatic rings. The number of unbranched alkanes of at least 4 members (excludes halogenated alkanes) is 2. The van der Waals surface area contributed by atoms with Crippen molar-refractivity contribution < 1.29 is 8.42 Å². The molecule has 0 aromatic carbocycles. The van der Waals surface area contributed by atoms with Crippen molar-refractivity contribution in [3.63, 3.8) is 0 Å². The molecule has 0 radical (unpaired) electrons. The first-order valence-electron chi connectivity index (χ1n) is 4.98. The van der Waals surface area contributed by atoms with E-state index in [2.05, 4.69) is 20.7 Å². The fourth-order valence-corrected chi connectivity index (χ4v) is 4.84. The number of nitrogens with one attached hydrogen (secondary N) is 1. The number of alkyl halides is 1. The van der Waals surface area contributed by atoms with E-state index in [1.807, 2.05) is 0 Å². The third kappa shape index (κ3) is 5.04. The van der Waals surface area contributed by atoms with Crippen LogP contribution in [0.1, 0.15) is 19.3 Å². The van der Waals surface area contributed by atoms with Gasteiger partial charge in [-0.15, -0.1) is 22.9 Å². The summed E-state index contributed by atoms with van der Waals surface area (Å²) in [5.41, 5.74) is 0. The van der Waals surface area contributed by atoms with Gasteiger partial charge in [0, 0.05) is 12.4 Å². The van der Waals surface area contributed by atoms with Gasteiger partial charge < -0.3 is 0 Å². The van der Waals surface area contributed by atoms with Gasteiger partial charge in [0.1, 0.15) is 4.21 Å². The second-order valence-electron chi connectivity index (χ2n) is 3.33. The first-order valence-corrected chi connectivity index (χ1v) is 8.98. The van der Waals surface area contributed by atoms with E-state index in [1.165, 1.54) is 6.07 Å². The van der Waals surface area contributed by atoms with Crippen LogP contribution in [0.15, 0.2) is 14.1 Å². The van der Waals surface area contributed by atoms with Gasteiger partial charge in [0.25, 0.3) is 0 Å². The summed E-state index contributed by atoms with van der Waals surface area (Å²) in [4.78, 5) is 0. The zero-order chi connectivity index (χ0) is 12.9. The molecule has 0 spiro atoms. The predicted octanol–water partition coefficient (Wildman–Crippen LogP) is 3.85. The van der Waals surface area contributed by atoms with Crippen molar-refractivity contribution in [1.82, 2.24) is 4.72 Å². The minimum Gasteiger partial charge on any atom is -0.210 e. The molecular weight excluding hydrogens is 369 g/mol. The predicted molar refractivity (Wildman–Crippen MR) is 76.8 cm³/mol. The average Bonchev–Trinajstić information content (AvgIpc) is 2.60. The van der Waals surface area contributed by atoms with Gasteiger partial charge in [0.2, 0.25) is 10.0 Å². The molecule has 8 heteroatoms. The quantitative estimate of drug-likeness (QED) is 0.576. The first-order chi connectivity index (χ1) is 7.97. The SMILES string of the molecule is O=S(=O)(NCCCCCCl)c1cc(Cl)c(Br)s1. The lowest BCUT2D eigenvalue weighted by Gasteiger charge is -2.03. The summed E-state index contributed by atoms with van der Waals surface area (Å²) >= 11 is 15.6. The van der Waals surface area contributed by atoms with E-state index < -0.39 is 10.0 Å². The van der Waals surface area contributed by atoms with E-state index in [9.17, 15) is 8.42 Å². The molecule has 1 aromatic heterocycles. The van der Waals surface area contributed by atoms with E-state index in [-0.39, 0.29) is 4.21 Å². The van der Waals surface area contributed by atoms with Crippen LogP contribution in [-0.4, -0.2) is 20.8 Å². The van der Waals surface area contributed by atoms with Crippen LogP contribution in [0.2, 0.25) is 5.02 Å². The molecule has 1 rings (SSSR count). The Kier molecular flexibility index (Phi) is 6.76. The second-order valence-corrected chi connectivity index (χ2v) is 8.48. The van der Waals surface area contributed by atoms with Crippen LogP contribution < -0.4 is 4.72 Å². The highest BCUT2D eigenvalue weighted by molar-refractivity contribution is 9.11. The first kappa shape index (κ1) is 15.7. The van der Waals surface area contributed by atoms with Gasteiger partial charge >= 0.3 is 0 Å². The van der Waals surface area contributed by atoms with Gasteiger partial charge in [-0.25, -0.2) is 13.1 Å². The van der Waals surface area contributed by atoms with Crippen molar-refractivity contribution in [2.24, 2.45) is 0 Å². The average molecular weight is 381 g/mol. The summed E-state index contributed by atoms with van der Waals surface area (Å²) in [6, 6.07) is 1.44. The molecule has 0 saturated carbocycles. The highest BCUT2D eigenvalue weighted by Gasteiger charge is 2.18. The zero-order valence-corrected chi connectivity index (χ0v) is 13.6. The van der Waals surface area contributed by atoms with Crippen LogP contribution in [0.3, 0.4) is 0 Å². The van der Waals surface area contributed by atoms with Crippen LogP contribution in [0.5, 0.6) is 0 Å². The van der Waals surface area contributed by atoms with E-state index >= 15 is 0 Å². The Balaban J connectivity index is 2.51. The third-order valence-corrected chi connectivity index (χ3v) is 6.67. The number of halogens is 3. The zero-order valence-electron chi connectivity index (χ0n) is 8.88. The molecule has 0 bridgehead atoms. The molecule has 0 saturated heterocycles. The maximum atomic E-state index is 11.8. The largest absolute Gasteiger partial charge is 0.250 e. The standard InChI is InChI=1S/C9H12BrCl2NO2S2/c10-9-7(12)6-8(16-9)17(14,15)13-5-3-1-2-4-11/h6,13H,1-5H2. The number of hydrogen-bond acceptors (Lipinski definition) is 3. The molecule has 3 nitrogen and oxygen atoms in total. The van der Waals surface area contributed by atoms with Crippen LogP contribution in [0.25, 0.3) is 0 Å². The topological polar surface area (TPSA) is 46.2 Å². The highest BCUT2D eigenvalue weighted by Crippen LogP contribution is 2.34. The smallest absolute Gasteiger partial charge is 0.210 e. The van der Waals surface area contributed by atoms with E-state index in [4.69, 9.17) is 23.2 Å². The molecule has 17 heavy (non-hydrogen) atoms. The van der Waals surface area contributed by atoms with Gasteiger partial charge in [-0.2, -0.15) is 0 Å². The van der Waals surface area contributed by atoms with Crippen LogP contribution in [-0.2, 0) is 10.0 Å². The van der Waals surface area contributed by atoms with Gasteiger partial charge in [-0.05, 0) is 34.8 Å². The normalized spacial score (nSPS) is 11.9. The Hall–Kier alpha value is 0.670. The highest BCUT2D eigenvalue weighted by atomic mass is 79.9. The van der Waals surface area contributed by atoms with Crippen molar-refractivity contribution in [2.45, 2.75) is 23.5 Å². The Bertz CT molecular complexity index is 442. The molecule has 98 valence electrons. The molecule has 0 atom stereocenters. The van der Waals surface area contributed by atoms with Crippen LogP contribution in [0, 0.1) is 0 Å². The fraction of sp³-hybridized carbons (Fsp3) is 0.556. The molecule has 0 amide bonds. The number of sulfonamides is 1. The van der Waals surface area contributed by atoms with Crippen LogP contribution >= 0.6 is 50.5 Å². The number of hydrogen-bond donors (Lipinski definition) is 1. The summed E-state index contributed by atoms with van der Waals surface area (Å²) in [6.45, 7) is 0.423. The minimum absolute atomic E-state index is 0.228. The lowest BCUT2D eigenvalue weighted by molar-refractivity contribution is 0.578. The fourth-order valence-electron chi connectivity index (χ4n) is 1.13. The van der Waals surface area contributed by atoms with Crippen molar-refractivity contribution in [1.29, 1.82) is 0 Å². The number of thiophene rings is 1. The van der Waals surface area contributed by atoms with Crippen molar-refractivity contribution in [3.05, 3.63) is 14.9 Å². The maximum Gasteiger partial charge on any atom is 0.250 e. The van der Waals surface area contributed by atoms with E-state index in [1.54, 1.807) is 0 Å². The molecule has 0 fully saturated rings. The Morgan fingerprint density at radius 3 is 2.59 bits per heavy atom. The van der Waals surface area contributed by atoms with Crippen molar-refractivity contribution >= 4 is 60.5 Å². The molecule has 0 aliphatic rings. The summed E-state index contributed by atoms with van der Waals surface area (Å²) in [6.07, 6.45) is 2.60. The molecular formula is C9H12BrCl2NO2S2. The van der Waals surface area contributed by atoms with Crippen molar-refractivity contribution in [2.75, 3.05) is 12.4 Å². The summed E-state index contributed by atoms with van der Waals surface area (Å²) in [7, 11) is -3.43. The van der Waals surface area contributed by atoms with Gasteiger partial charge in [0.05, 0.1) is 8.81 Å². The Morgan fingerprint density at radius 1 is 1.35 bits per heavy atom. The van der Waals surface area contributed by atoms with Gasteiger partial charge in [0.15, 0.2) is 0 Å². The van der Waals surface area contributed by atoms with Gasteiger partial charge in [-0.1, -0.05) is 18.0 Å². The maximum absolute atomic E-state index is 11.8. The molecule has 1 heterocycles. The summed E-state index contributed by atoms with van der Waals surface area (Å²) in [5.74, 6) is 0.611. The monoisotopic (exact) mass is 379 g/mol. The molecule has 0 aliphatic heterocycles. The van der Waals surface area contributed by atoms with E-state index in [0.717, 1.165) is 30.6 Å². The van der Waals surface area contributed by atoms with Crippen molar-refractivity contribution in [3.8, 4) is 0 Å². The molecule has 0 aliphatic carbocycles. The molecule has 0 unspecified atom stereocenters. The summed E-state index contributed by atoms with van der Waals surface area (Å²) < 4.78 is 27.0. The summed E-state index contributed by atoms with van der Waals surface area (Å²) in [5, 5.41) is 0.414. The lowest BCUT2D eigenvalue weighted by atomic mass is 10.2.